The van der Waals surface area contributed by atoms with Gasteiger partial charge in [-0.3, -0.25) is 14.3 Å². The number of aryl methyl sites for hydroxylation is 1. The van der Waals surface area contributed by atoms with Gasteiger partial charge in [0, 0.05) is 31.2 Å². The van der Waals surface area contributed by atoms with Crippen LogP contribution in [0.4, 0.5) is 10.1 Å². The number of hydrogen-bond donors (Lipinski definition) is 1. The molecule has 32 heavy (non-hydrogen) atoms. The number of nitrogens with two attached hydrogens (primary N) is 1. The van der Waals surface area contributed by atoms with Crippen LogP contribution in [-0.2, 0) is 0 Å². The maximum atomic E-state index is 15.4. The van der Waals surface area contributed by atoms with Crippen LogP contribution in [-0.4, -0.2) is 53.4 Å². The van der Waals surface area contributed by atoms with E-state index in [0.29, 0.717) is 41.1 Å². The molecular weight excluding hydrogens is 411 g/mol. The Morgan fingerprint density at radius 2 is 2.09 bits per heavy atom. The molecule has 2 aromatic rings. The number of halogens is 1. The molecule has 8 nitrogen and oxygen atoms in total. The Morgan fingerprint density at radius 3 is 2.72 bits per heavy atom. The Bertz CT molecular complexity index is 1210. The van der Waals surface area contributed by atoms with Gasteiger partial charge in [-0.05, 0) is 44.2 Å². The molecule has 1 aromatic heterocycles. The molecule has 1 unspecified atom stereocenters. The van der Waals surface area contributed by atoms with Crippen molar-refractivity contribution in [3.8, 4) is 0 Å². The maximum absolute atomic E-state index is 15.4. The number of nitrogens with zero attached hydrogens (tertiary/aromatic N) is 5. The molecule has 1 saturated carbocycles. The lowest BCUT2D eigenvalue weighted by molar-refractivity contribution is 0.192. The molecular formula is C23H31FN6O2. The summed E-state index contributed by atoms with van der Waals surface area (Å²) in [6.07, 6.45) is 2.59. The van der Waals surface area contributed by atoms with Crippen molar-refractivity contribution in [3.63, 3.8) is 0 Å². The van der Waals surface area contributed by atoms with E-state index >= 15 is 4.39 Å². The third-order valence-electron chi connectivity index (χ3n) is 6.93. The molecule has 2 heterocycles. The predicted molar refractivity (Wildman–Crippen MR) is 124 cm³/mol. The lowest BCUT2D eigenvalue weighted by Gasteiger charge is -2.32. The Morgan fingerprint density at radius 1 is 1.38 bits per heavy atom. The molecule has 0 amide bonds. The van der Waals surface area contributed by atoms with E-state index in [-0.39, 0.29) is 16.8 Å². The van der Waals surface area contributed by atoms with Crippen molar-refractivity contribution in [1.29, 1.82) is 0 Å². The molecule has 1 aliphatic heterocycles. The number of fused-ring (bicyclic) bond motifs is 1. The fraction of sp³-hybridized carbons (Fsp3) is 0.609. The molecule has 1 aliphatic carbocycles. The van der Waals surface area contributed by atoms with Gasteiger partial charge in [0.15, 0.2) is 0 Å². The molecule has 0 spiro atoms. The Balaban J connectivity index is 1.74. The van der Waals surface area contributed by atoms with E-state index in [1.165, 1.54) is 6.07 Å². The quantitative estimate of drug-likeness (QED) is 0.525. The van der Waals surface area contributed by atoms with Crippen molar-refractivity contribution in [2.45, 2.75) is 46.1 Å². The lowest BCUT2D eigenvalue weighted by Crippen LogP contribution is -2.44. The molecule has 9 heteroatoms. The number of anilines is 1. The summed E-state index contributed by atoms with van der Waals surface area (Å²) in [6, 6.07) is 1.24. The third-order valence-corrected chi connectivity index (χ3v) is 6.93. The first-order valence-corrected chi connectivity index (χ1v) is 11.3. The van der Waals surface area contributed by atoms with Crippen LogP contribution in [0.1, 0.15) is 44.7 Å². The molecule has 2 fully saturated rings. The Kier molecular flexibility index (Phi) is 5.76. The summed E-state index contributed by atoms with van der Waals surface area (Å²) in [7, 11) is 0. The molecule has 0 radical (unpaired) electrons. The van der Waals surface area contributed by atoms with E-state index in [1.807, 2.05) is 4.90 Å². The second-order valence-electron chi connectivity index (χ2n) is 9.52. The number of hydrogen-bond acceptors (Lipinski definition) is 5. The van der Waals surface area contributed by atoms with Gasteiger partial charge >= 0.3 is 5.69 Å². The molecule has 2 aliphatic rings. The second-order valence-corrected chi connectivity index (χ2v) is 9.52. The van der Waals surface area contributed by atoms with Crippen LogP contribution in [0.3, 0.4) is 0 Å². The largest absolute Gasteiger partial charge is 0.368 e. The number of benzene rings is 1. The summed E-state index contributed by atoms with van der Waals surface area (Å²) in [5.41, 5.74) is 0.333. The van der Waals surface area contributed by atoms with Crippen molar-refractivity contribution < 1.29 is 4.39 Å². The average Bonchev–Trinajstić information content (AvgIpc) is 3.52. The number of rotatable bonds is 7. The first kappa shape index (κ1) is 22.3. The van der Waals surface area contributed by atoms with Crippen LogP contribution >= 0.6 is 0 Å². The van der Waals surface area contributed by atoms with Gasteiger partial charge < -0.3 is 15.6 Å². The van der Waals surface area contributed by atoms with Crippen LogP contribution in [0.5, 0.6) is 0 Å². The van der Waals surface area contributed by atoms with Crippen LogP contribution < -0.4 is 22.0 Å². The SMILES string of the molecule is [C-]#[N+]CCN(CC)CC1(C)CCN(c2c(F)cc3c(=O)n(N)c(=O)n(C4CC4)c3c2C)C1. The van der Waals surface area contributed by atoms with Crippen molar-refractivity contribution in [1.82, 2.24) is 14.1 Å². The predicted octanol–water partition coefficient (Wildman–Crippen LogP) is 2.12. The average molecular weight is 443 g/mol. The number of likely N-dealkylation sites (N-methyl/N-ethyl adjacent to an activating group) is 1. The van der Waals surface area contributed by atoms with E-state index < -0.39 is 17.1 Å². The molecule has 2 N–H and O–H groups in total. The zero-order valence-corrected chi connectivity index (χ0v) is 19.0. The van der Waals surface area contributed by atoms with Crippen LogP contribution in [0, 0.1) is 24.7 Å². The Hall–Kier alpha value is -2.86. The second kappa shape index (κ2) is 8.24. The highest BCUT2D eigenvalue weighted by Crippen LogP contribution is 2.41. The summed E-state index contributed by atoms with van der Waals surface area (Å²) in [4.78, 5) is 33.2. The van der Waals surface area contributed by atoms with E-state index in [2.05, 4.69) is 23.6 Å². The normalized spacial score (nSPS) is 20.9. The zero-order chi connectivity index (χ0) is 23.2. The summed E-state index contributed by atoms with van der Waals surface area (Å²) >= 11 is 0. The first-order chi connectivity index (χ1) is 15.2. The summed E-state index contributed by atoms with van der Waals surface area (Å²) in [5, 5.41) is 0.149. The van der Waals surface area contributed by atoms with Gasteiger partial charge in [0.25, 0.3) is 5.56 Å². The molecule has 4 rings (SSSR count). The van der Waals surface area contributed by atoms with Crippen molar-refractivity contribution in [2.24, 2.45) is 5.41 Å². The summed E-state index contributed by atoms with van der Waals surface area (Å²) < 4.78 is 17.5. The van der Waals surface area contributed by atoms with Gasteiger partial charge in [0.2, 0.25) is 6.54 Å². The highest BCUT2D eigenvalue weighted by atomic mass is 19.1. The van der Waals surface area contributed by atoms with Gasteiger partial charge in [0.05, 0.1) is 23.1 Å². The first-order valence-electron chi connectivity index (χ1n) is 11.3. The zero-order valence-electron chi connectivity index (χ0n) is 19.0. The van der Waals surface area contributed by atoms with E-state index in [4.69, 9.17) is 12.4 Å². The van der Waals surface area contributed by atoms with Crippen molar-refractivity contribution in [3.05, 3.63) is 49.7 Å². The van der Waals surface area contributed by atoms with Gasteiger partial charge in [-0.1, -0.05) is 13.8 Å². The van der Waals surface area contributed by atoms with E-state index in [1.54, 1.807) is 11.5 Å². The molecule has 0 bridgehead atoms. The lowest BCUT2D eigenvalue weighted by atomic mass is 9.89. The fourth-order valence-corrected chi connectivity index (χ4v) is 5.14. The monoisotopic (exact) mass is 442 g/mol. The smallest absolute Gasteiger partial charge is 0.350 e. The number of nitrogen functional groups attached to an aromatic ring is 1. The van der Waals surface area contributed by atoms with E-state index in [0.717, 1.165) is 38.9 Å². The maximum Gasteiger partial charge on any atom is 0.350 e. The van der Waals surface area contributed by atoms with Crippen LogP contribution in [0.25, 0.3) is 15.7 Å². The van der Waals surface area contributed by atoms with Gasteiger partial charge in [-0.25, -0.2) is 15.8 Å². The van der Waals surface area contributed by atoms with Gasteiger partial charge in [-0.2, -0.15) is 4.68 Å². The molecule has 1 aromatic carbocycles. The van der Waals surface area contributed by atoms with Crippen LogP contribution in [0.15, 0.2) is 15.7 Å². The molecule has 172 valence electrons. The Labute approximate surface area is 186 Å². The molecule has 1 atom stereocenters. The summed E-state index contributed by atoms with van der Waals surface area (Å²) in [6.45, 7) is 17.4. The standard InChI is InChI=1S/C23H31FN6O2/c1-5-27(11-9-26-4)13-23(3)8-10-28(14-23)20-15(2)19-17(12-18(20)24)21(31)30(25)22(32)29(19)16-6-7-16/h12,16H,5-11,13-14,25H2,1-3H3. The fourth-order valence-electron chi connectivity index (χ4n) is 5.14. The minimum Gasteiger partial charge on any atom is -0.368 e. The third kappa shape index (κ3) is 3.77. The van der Waals surface area contributed by atoms with Gasteiger partial charge in [0.1, 0.15) is 5.82 Å². The summed E-state index contributed by atoms with van der Waals surface area (Å²) in [5.74, 6) is 5.26. The number of aromatic nitrogens is 2. The van der Waals surface area contributed by atoms with Gasteiger partial charge in [-0.15, -0.1) is 0 Å². The minimum absolute atomic E-state index is 0.00168. The highest BCUT2D eigenvalue weighted by molar-refractivity contribution is 5.87. The minimum atomic E-state index is -0.667. The molecule has 1 saturated heterocycles. The van der Waals surface area contributed by atoms with Crippen LogP contribution in [0.2, 0.25) is 0 Å². The van der Waals surface area contributed by atoms with E-state index in [9.17, 15) is 9.59 Å². The van der Waals surface area contributed by atoms with Crippen molar-refractivity contribution in [2.75, 3.05) is 50.0 Å². The topological polar surface area (TPSA) is 80.9 Å². The highest BCUT2D eigenvalue weighted by Gasteiger charge is 2.38. The van der Waals surface area contributed by atoms with Crippen molar-refractivity contribution >= 4 is 16.6 Å².